The number of carbonyl (C=O) groups is 1. The molecule has 2 aromatic rings. The minimum Gasteiger partial charge on any atom is -0.462 e. The highest BCUT2D eigenvalue weighted by Crippen LogP contribution is 2.29. The van der Waals surface area contributed by atoms with Gasteiger partial charge in [0.1, 0.15) is 5.82 Å². The van der Waals surface area contributed by atoms with Crippen molar-refractivity contribution < 1.29 is 13.9 Å². The van der Waals surface area contributed by atoms with Crippen LogP contribution >= 0.6 is 15.9 Å². The largest absolute Gasteiger partial charge is 0.462 e. The topological polar surface area (TPSA) is 77.2 Å². The van der Waals surface area contributed by atoms with Gasteiger partial charge in [-0.2, -0.15) is 0 Å². The minimum absolute atomic E-state index is 0.173. The predicted octanol–water partition coefficient (Wildman–Crippen LogP) is 3.49. The lowest BCUT2D eigenvalue weighted by molar-refractivity contribution is 0.0527. The third-order valence-electron chi connectivity index (χ3n) is 2.67. The summed E-state index contributed by atoms with van der Waals surface area (Å²) in [6.45, 7) is 1.97. The molecule has 0 saturated heterocycles. The summed E-state index contributed by atoms with van der Waals surface area (Å²) < 4.78 is 18.5. The zero-order chi connectivity index (χ0) is 15.4. The molecular formula is C14H13BrFN3O2. The number of nitrogens with zero attached hydrogens (tertiary/aromatic N) is 1. The Bertz CT molecular complexity index is 679. The number of rotatable bonds is 4. The first-order chi connectivity index (χ1) is 10.0. The normalized spacial score (nSPS) is 10.2. The van der Waals surface area contributed by atoms with Gasteiger partial charge in [0.15, 0.2) is 5.82 Å². The summed E-state index contributed by atoms with van der Waals surface area (Å²) in [5, 5.41) is 2.95. The Labute approximate surface area is 129 Å². The second kappa shape index (κ2) is 6.53. The molecule has 0 aliphatic heterocycles. The Hall–Kier alpha value is -2.15. The summed E-state index contributed by atoms with van der Waals surface area (Å²) in [4.78, 5) is 15.8. The highest BCUT2D eigenvalue weighted by Gasteiger charge is 2.15. The van der Waals surface area contributed by atoms with Gasteiger partial charge >= 0.3 is 5.97 Å². The Morgan fingerprint density at radius 3 is 2.90 bits per heavy atom. The molecule has 1 aromatic carbocycles. The van der Waals surface area contributed by atoms with Gasteiger partial charge in [-0.15, -0.1) is 0 Å². The minimum atomic E-state index is -0.515. The summed E-state index contributed by atoms with van der Waals surface area (Å²) in [7, 11) is 0. The van der Waals surface area contributed by atoms with Crippen molar-refractivity contribution >= 4 is 39.1 Å². The molecule has 0 aliphatic rings. The second-order valence-corrected chi connectivity index (χ2v) is 4.94. The summed E-state index contributed by atoms with van der Waals surface area (Å²) in [6.07, 6.45) is 1.45. The number of esters is 1. The van der Waals surface area contributed by atoms with Gasteiger partial charge in [-0.05, 0) is 47.1 Å². The van der Waals surface area contributed by atoms with Gasteiger partial charge in [0.2, 0.25) is 0 Å². The second-order valence-electron chi connectivity index (χ2n) is 4.09. The number of hydrogen-bond acceptors (Lipinski definition) is 5. The molecule has 2 rings (SSSR count). The van der Waals surface area contributed by atoms with Crippen LogP contribution in [0.2, 0.25) is 0 Å². The van der Waals surface area contributed by atoms with Gasteiger partial charge < -0.3 is 15.8 Å². The Balaban J connectivity index is 2.32. The highest BCUT2D eigenvalue weighted by atomic mass is 79.9. The van der Waals surface area contributed by atoms with Crippen molar-refractivity contribution in [2.45, 2.75) is 6.92 Å². The fourth-order valence-electron chi connectivity index (χ4n) is 1.68. The molecule has 21 heavy (non-hydrogen) atoms. The number of halogens is 2. The number of carbonyl (C=O) groups excluding carboxylic acids is 1. The van der Waals surface area contributed by atoms with Crippen LogP contribution in [0.25, 0.3) is 0 Å². The predicted molar refractivity (Wildman–Crippen MR) is 82.0 cm³/mol. The first-order valence-electron chi connectivity index (χ1n) is 6.16. The molecule has 3 N–H and O–H groups in total. The zero-order valence-electron chi connectivity index (χ0n) is 11.2. The SMILES string of the molecule is CCOC(=O)c1ccnc(Nc2ccc(F)cc2Br)c1N. The molecule has 1 aromatic heterocycles. The zero-order valence-corrected chi connectivity index (χ0v) is 12.8. The third kappa shape index (κ3) is 3.49. The summed E-state index contributed by atoms with van der Waals surface area (Å²) >= 11 is 3.24. The van der Waals surface area contributed by atoms with E-state index in [1.807, 2.05) is 0 Å². The number of nitrogens with two attached hydrogens (primary N) is 1. The number of nitrogen functional groups attached to an aromatic ring is 1. The van der Waals surface area contributed by atoms with Crippen molar-refractivity contribution in [1.82, 2.24) is 4.98 Å². The molecule has 7 heteroatoms. The average Bonchev–Trinajstić information content (AvgIpc) is 2.44. The van der Waals surface area contributed by atoms with E-state index in [0.717, 1.165) is 0 Å². The van der Waals surface area contributed by atoms with Crippen molar-refractivity contribution in [3.8, 4) is 0 Å². The molecule has 0 saturated carbocycles. The van der Waals surface area contributed by atoms with Crippen LogP contribution in [0, 0.1) is 5.82 Å². The molecule has 1 heterocycles. The van der Waals surface area contributed by atoms with E-state index in [4.69, 9.17) is 10.5 Å². The number of nitrogens with one attached hydrogen (secondary N) is 1. The van der Waals surface area contributed by atoms with Gasteiger partial charge in [0.25, 0.3) is 0 Å². The van der Waals surface area contributed by atoms with Gasteiger partial charge in [-0.3, -0.25) is 0 Å². The molecule has 0 radical (unpaired) electrons. The molecule has 0 fully saturated rings. The maximum absolute atomic E-state index is 13.1. The Morgan fingerprint density at radius 1 is 1.48 bits per heavy atom. The number of anilines is 3. The summed E-state index contributed by atoms with van der Waals surface area (Å²) in [6, 6.07) is 5.64. The van der Waals surface area contributed by atoms with Crippen molar-refractivity contribution in [2.75, 3.05) is 17.7 Å². The third-order valence-corrected chi connectivity index (χ3v) is 3.33. The van der Waals surface area contributed by atoms with Crippen LogP contribution in [0.3, 0.4) is 0 Å². The molecule has 0 spiro atoms. The van der Waals surface area contributed by atoms with Crippen LogP contribution < -0.4 is 11.1 Å². The lowest BCUT2D eigenvalue weighted by atomic mass is 10.2. The lowest BCUT2D eigenvalue weighted by Gasteiger charge is -2.12. The number of hydrogen-bond donors (Lipinski definition) is 2. The van der Waals surface area contributed by atoms with Gasteiger partial charge in [-0.25, -0.2) is 14.2 Å². The Kier molecular flexibility index (Phi) is 4.74. The smallest absolute Gasteiger partial charge is 0.340 e. The fourth-order valence-corrected chi connectivity index (χ4v) is 2.13. The van der Waals surface area contributed by atoms with Gasteiger partial charge in [0.05, 0.1) is 23.5 Å². The fraction of sp³-hybridized carbons (Fsp3) is 0.143. The number of pyridine rings is 1. The molecule has 110 valence electrons. The van der Waals surface area contributed by atoms with Crippen molar-refractivity contribution in [3.63, 3.8) is 0 Å². The molecule has 0 bridgehead atoms. The van der Waals surface area contributed by atoms with Gasteiger partial charge in [-0.1, -0.05) is 0 Å². The molecule has 5 nitrogen and oxygen atoms in total. The first-order valence-corrected chi connectivity index (χ1v) is 6.96. The van der Waals surface area contributed by atoms with E-state index in [1.54, 1.807) is 6.92 Å². The first kappa shape index (κ1) is 15.2. The quantitative estimate of drug-likeness (QED) is 0.822. The van der Waals surface area contributed by atoms with Crippen LogP contribution in [0.4, 0.5) is 21.6 Å². The van der Waals surface area contributed by atoms with Crippen LogP contribution in [0.5, 0.6) is 0 Å². The van der Waals surface area contributed by atoms with Crippen LogP contribution in [0.1, 0.15) is 17.3 Å². The Morgan fingerprint density at radius 2 is 2.24 bits per heavy atom. The van der Waals surface area contributed by atoms with Crippen LogP contribution in [-0.2, 0) is 4.74 Å². The summed E-state index contributed by atoms with van der Waals surface area (Å²) in [5.74, 6) is -0.583. The van der Waals surface area contributed by atoms with E-state index < -0.39 is 5.97 Å². The standard InChI is InChI=1S/C14H13BrFN3O2/c1-2-21-14(20)9-5-6-18-13(12(9)17)19-11-4-3-8(16)7-10(11)15/h3-7H,2,17H2,1H3,(H,18,19). The van der Waals surface area contributed by atoms with Gasteiger partial charge in [0, 0.05) is 10.7 Å². The summed E-state index contributed by atoms with van der Waals surface area (Å²) in [5.41, 5.74) is 6.91. The van der Waals surface area contributed by atoms with E-state index in [9.17, 15) is 9.18 Å². The van der Waals surface area contributed by atoms with E-state index in [-0.39, 0.29) is 23.7 Å². The average molecular weight is 354 g/mol. The monoisotopic (exact) mass is 353 g/mol. The van der Waals surface area contributed by atoms with E-state index >= 15 is 0 Å². The van der Waals surface area contributed by atoms with Crippen LogP contribution in [0.15, 0.2) is 34.9 Å². The maximum atomic E-state index is 13.1. The molecule has 0 unspecified atom stereocenters. The highest BCUT2D eigenvalue weighted by molar-refractivity contribution is 9.10. The van der Waals surface area contributed by atoms with Crippen molar-refractivity contribution in [1.29, 1.82) is 0 Å². The number of ether oxygens (including phenoxy) is 1. The van der Waals surface area contributed by atoms with E-state index in [1.165, 1.54) is 30.5 Å². The number of aromatic nitrogens is 1. The van der Waals surface area contributed by atoms with E-state index in [0.29, 0.717) is 16.0 Å². The lowest BCUT2D eigenvalue weighted by Crippen LogP contribution is -2.10. The molecule has 0 aliphatic carbocycles. The van der Waals surface area contributed by atoms with Crippen molar-refractivity contribution in [3.05, 3.63) is 46.3 Å². The molecular weight excluding hydrogens is 341 g/mol. The van der Waals surface area contributed by atoms with Crippen molar-refractivity contribution in [2.24, 2.45) is 0 Å². The molecule has 0 amide bonds. The molecule has 0 atom stereocenters. The maximum Gasteiger partial charge on any atom is 0.340 e. The van der Waals surface area contributed by atoms with E-state index in [2.05, 4.69) is 26.2 Å². The number of benzene rings is 1. The van der Waals surface area contributed by atoms with Crippen LogP contribution in [-0.4, -0.2) is 17.6 Å².